The Morgan fingerprint density at radius 3 is 2.54 bits per heavy atom. The third-order valence-corrected chi connectivity index (χ3v) is 11.5. The van der Waals surface area contributed by atoms with Gasteiger partial charge in [-0.2, -0.15) is 0 Å². The Morgan fingerprint density at radius 2 is 1.81 bits per heavy atom. The zero-order valence-corrected chi connectivity index (χ0v) is 31.9. The van der Waals surface area contributed by atoms with E-state index < -0.39 is 29.6 Å². The summed E-state index contributed by atoms with van der Waals surface area (Å²) in [6.07, 6.45) is 7.24. The van der Waals surface area contributed by atoms with Gasteiger partial charge in [-0.25, -0.2) is 19.6 Å². The Labute approximate surface area is 319 Å². The maximum atomic E-state index is 14.7. The van der Waals surface area contributed by atoms with E-state index in [0.29, 0.717) is 42.2 Å². The number of pyridine rings is 1. The first-order chi connectivity index (χ1) is 26.1. The van der Waals surface area contributed by atoms with Gasteiger partial charge in [0.2, 0.25) is 5.91 Å². The summed E-state index contributed by atoms with van der Waals surface area (Å²) in [5.41, 5.74) is 1.80. The molecule has 4 heterocycles. The van der Waals surface area contributed by atoms with Crippen molar-refractivity contribution in [2.24, 2.45) is 5.92 Å². The number of nitrogens with one attached hydrogen (secondary N) is 1. The summed E-state index contributed by atoms with van der Waals surface area (Å²) in [6, 6.07) is 13.8. The van der Waals surface area contributed by atoms with Gasteiger partial charge >= 0.3 is 12.0 Å². The summed E-state index contributed by atoms with van der Waals surface area (Å²) in [6.45, 7) is 5.16. The number of hydrogen-bond acceptors (Lipinski definition) is 9. The van der Waals surface area contributed by atoms with Gasteiger partial charge in [0.25, 0.3) is 0 Å². The van der Waals surface area contributed by atoms with Crippen molar-refractivity contribution in [3.8, 4) is 28.0 Å². The number of urea groups is 1. The Kier molecular flexibility index (Phi) is 10.8. The van der Waals surface area contributed by atoms with E-state index >= 15 is 0 Å². The van der Waals surface area contributed by atoms with Crippen LogP contribution in [0.2, 0.25) is 0 Å². The van der Waals surface area contributed by atoms with Crippen molar-refractivity contribution in [3.63, 3.8) is 0 Å². The number of amides is 3. The Bertz CT molecular complexity index is 2050. The summed E-state index contributed by atoms with van der Waals surface area (Å²) in [7, 11) is 3.21. The lowest BCUT2D eigenvalue weighted by Crippen LogP contribution is -2.55. The molecule has 2 fully saturated rings. The minimum absolute atomic E-state index is 0.128. The molecule has 1 aliphatic carbocycles. The van der Waals surface area contributed by atoms with Gasteiger partial charge in [0.1, 0.15) is 45.6 Å². The van der Waals surface area contributed by atoms with Crippen LogP contribution in [0.3, 0.4) is 0 Å². The zero-order valence-electron chi connectivity index (χ0n) is 31.1. The molecule has 7 rings (SSSR count). The van der Waals surface area contributed by atoms with Crippen molar-refractivity contribution in [1.29, 1.82) is 0 Å². The number of benzene rings is 2. The average Bonchev–Trinajstić information content (AvgIpc) is 3.46. The fraction of sp³-hybridized carbons (Fsp3) is 0.439. The Morgan fingerprint density at radius 1 is 1.04 bits per heavy atom. The standard InChI is InChI=1S/C41H47N5O7S/c1-25(2)34-24-54-38(43-34)33-20-36(31-16-15-29(52-4)18-32(31)42-33)53-30-19-35-37(47)44-41(39(48)49)21-27(41)10-8-6-5-7-9-17-45(40(50)46(35)23-30)22-26-11-13-28(51-3)14-12-26/h8,10-16,18,20,24-25,27,30,35H,5-7,9,17,19,21-23H2,1-4H3,(H,44,47)(H,48,49). The number of ether oxygens (including phenoxy) is 3. The van der Waals surface area contributed by atoms with Gasteiger partial charge in [-0.1, -0.05) is 44.6 Å². The van der Waals surface area contributed by atoms with E-state index in [9.17, 15) is 19.5 Å². The molecule has 4 atom stereocenters. The maximum Gasteiger partial charge on any atom is 0.330 e. The number of carboxylic acids is 1. The molecule has 1 saturated heterocycles. The highest BCUT2D eigenvalue weighted by atomic mass is 32.1. The number of hydrogen-bond donors (Lipinski definition) is 2. The molecule has 2 aromatic carbocycles. The van der Waals surface area contributed by atoms with Gasteiger partial charge in [0, 0.05) is 48.3 Å². The average molecular weight is 754 g/mol. The van der Waals surface area contributed by atoms with E-state index in [0.717, 1.165) is 53.1 Å². The molecular weight excluding hydrogens is 707 g/mol. The molecule has 13 heteroatoms. The molecule has 4 aromatic rings. The highest BCUT2D eigenvalue weighted by molar-refractivity contribution is 7.13. The van der Waals surface area contributed by atoms with Crippen molar-refractivity contribution >= 4 is 40.1 Å². The van der Waals surface area contributed by atoms with Crippen molar-refractivity contribution < 1.29 is 33.7 Å². The number of nitrogens with zero attached hydrogens (tertiary/aromatic N) is 4. The van der Waals surface area contributed by atoms with Crippen LogP contribution in [0.25, 0.3) is 21.6 Å². The summed E-state index contributed by atoms with van der Waals surface area (Å²) in [5.74, 6) is 0.280. The number of aliphatic carboxylic acids is 1. The second-order valence-electron chi connectivity index (χ2n) is 14.7. The van der Waals surface area contributed by atoms with E-state index in [1.165, 1.54) is 11.3 Å². The van der Waals surface area contributed by atoms with Crippen LogP contribution in [0.15, 0.2) is 66.1 Å². The smallest absolute Gasteiger partial charge is 0.330 e. The highest BCUT2D eigenvalue weighted by Gasteiger charge is 2.61. The van der Waals surface area contributed by atoms with Crippen molar-refractivity contribution in [1.82, 2.24) is 25.1 Å². The summed E-state index contributed by atoms with van der Waals surface area (Å²) < 4.78 is 17.6. The molecule has 3 amide bonds. The van der Waals surface area contributed by atoms with Gasteiger partial charge in [-0.15, -0.1) is 11.3 Å². The van der Waals surface area contributed by atoms with Gasteiger partial charge < -0.3 is 34.4 Å². The van der Waals surface area contributed by atoms with Gasteiger partial charge in [0.15, 0.2) is 0 Å². The summed E-state index contributed by atoms with van der Waals surface area (Å²) in [4.78, 5) is 54.6. The molecule has 284 valence electrons. The fourth-order valence-electron chi connectivity index (χ4n) is 7.35. The first-order valence-corrected chi connectivity index (χ1v) is 19.5. The van der Waals surface area contributed by atoms with Crippen molar-refractivity contribution in [3.05, 3.63) is 77.3 Å². The van der Waals surface area contributed by atoms with Crippen LogP contribution >= 0.6 is 11.3 Å². The number of allylic oxidation sites excluding steroid dienone is 1. The van der Waals surface area contributed by atoms with E-state index in [1.54, 1.807) is 24.0 Å². The lowest BCUT2D eigenvalue weighted by molar-refractivity contribution is -0.144. The molecular formula is C41H47N5O7S. The molecule has 0 radical (unpaired) electrons. The largest absolute Gasteiger partial charge is 0.497 e. The fourth-order valence-corrected chi connectivity index (χ4v) is 8.29. The topological polar surface area (TPSA) is 143 Å². The van der Waals surface area contributed by atoms with E-state index in [4.69, 9.17) is 24.2 Å². The summed E-state index contributed by atoms with van der Waals surface area (Å²) >= 11 is 1.51. The number of aromatic nitrogens is 2. The zero-order chi connectivity index (χ0) is 38.0. The molecule has 2 aromatic heterocycles. The monoisotopic (exact) mass is 753 g/mol. The van der Waals surface area contributed by atoms with Crippen LogP contribution in [-0.2, 0) is 16.1 Å². The predicted molar refractivity (Wildman–Crippen MR) is 206 cm³/mol. The predicted octanol–water partition coefficient (Wildman–Crippen LogP) is 7.03. The second kappa shape index (κ2) is 15.7. The lowest BCUT2D eigenvalue weighted by atomic mass is 10.1. The van der Waals surface area contributed by atoms with Crippen LogP contribution in [-0.4, -0.2) is 87.8 Å². The van der Waals surface area contributed by atoms with E-state index in [-0.39, 0.29) is 30.8 Å². The molecule has 3 aliphatic rings. The summed E-state index contributed by atoms with van der Waals surface area (Å²) in [5, 5.41) is 16.7. The number of carbonyl (C=O) groups excluding carboxylic acids is 2. The molecule has 2 N–H and O–H groups in total. The molecule has 0 bridgehead atoms. The molecule has 12 nitrogen and oxygen atoms in total. The third kappa shape index (κ3) is 7.73. The number of methoxy groups -OCH3 is 2. The van der Waals surface area contributed by atoms with Crippen LogP contribution in [0, 0.1) is 5.92 Å². The van der Waals surface area contributed by atoms with Crippen molar-refractivity contribution in [2.75, 3.05) is 27.3 Å². The number of fused-ring (bicyclic) bond motifs is 3. The van der Waals surface area contributed by atoms with Crippen LogP contribution < -0.4 is 19.5 Å². The molecule has 1 saturated carbocycles. The van der Waals surface area contributed by atoms with Gasteiger partial charge in [-0.05, 0) is 61.4 Å². The van der Waals surface area contributed by atoms with E-state index in [1.807, 2.05) is 66.1 Å². The highest BCUT2D eigenvalue weighted by Crippen LogP contribution is 2.45. The number of carbonyl (C=O) groups is 3. The third-order valence-electron chi connectivity index (χ3n) is 10.6. The SMILES string of the molecule is COc1ccc(CN2CCCCCC=CC3CC3(C(=O)O)NC(=O)C3CC(Oc4cc(-c5nc(C(C)C)cs5)nc5cc(OC)ccc45)CN3C2=O)cc1. The Hall–Kier alpha value is -5.17. The quantitative estimate of drug-likeness (QED) is 0.172. The van der Waals surface area contributed by atoms with Crippen LogP contribution in [0.4, 0.5) is 4.79 Å². The normalized spacial score (nSPS) is 23.3. The molecule has 54 heavy (non-hydrogen) atoms. The number of carboxylic acid groups (broad SMARTS) is 1. The van der Waals surface area contributed by atoms with Crippen LogP contribution in [0.1, 0.15) is 69.5 Å². The van der Waals surface area contributed by atoms with Crippen molar-refractivity contribution in [2.45, 2.75) is 82.5 Å². The molecule has 4 unspecified atom stereocenters. The second-order valence-corrected chi connectivity index (χ2v) is 15.5. The molecule has 0 spiro atoms. The Balaban J connectivity index is 1.23. The number of rotatable bonds is 9. The molecule has 2 aliphatic heterocycles. The van der Waals surface area contributed by atoms with E-state index in [2.05, 4.69) is 19.2 Å². The van der Waals surface area contributed by atoms with Gasteiger partial charge in [0.05, 0.1) is 32.0 Å². The minimum Gasteiger partial charge on any atom is -0.497 e. The lowest BCUT2D eigenvalue weighted by Gasteiger charge is -2.32. The first kappa shape index (κ1) is 37.2. The maximum absolute atomic E-state index is 14.7. The first-order valence-electron chi connectivity index (χ1n) is 18.6. The van der Waals surface area contributed by atoms with Gasteiger partial charge in [-0.3, -0.25) is 4.79 Å². The minimum atomic E-state index is -1.40. The van der Waals surface area contributed by atoms with Crippen LogP contribution in [0.5, 0.6) is 17.2 Å². The number of thiazole rings is 1.